The topological polar surface area (TPSA) is 23.5 Å². The van der Waals surface area contributed by atoms with Crippen molar-refractivity contribution in [2.45, 2.75) is 38.5 Å². The van der Waals surface area contributed by atoms with E-state index in [9.17, 15) is 5.11 Å². The maximum atomic E-state index is 9.63. The van der Waals surface area contributed by atoms with E-state index in [1.165, 1.54) is 24.8 Å². The van der Waals surface area contributed by atoms with Gasteiger partial charge in [0.2, 0.25) is 0 Å². The van der Waals surface area contributed by atoms with Gasteiger partial charge in [0.15, 0.2) is 0 Å². The Bertz CT molecular complexity index is 367. The Morgan fingerprint density at radius 1 is 1.24 bits per heavy atom. The van der Waals surface area contributed by atoms with E-state index in [4.69, 9.17) is 0 Å². The van der Waals surface area contributed by atoms with Gasteiger partial charge in [0.25, 0.3) is 0 Å². The van der Waals surface area contributed by atoms with Gasteiger partial charge in [0.1, 0.15) is 5.75 Å². The highest BCUT2D eigenvalue weighted by molar-refractivity contribution is 5.35. The molecule has 0 radical (unpaired) electrons. The number of nitrogens with zero attached hydrogens (tertiary/aromatic N) is 1. The summed E-state index contributed by atoms with van der Waals surface area (Å²) in [4.78, 5) is 2.49. The van der Waals surface area contributed by atoms with E-state index < -0.39 is 0 Å². The Kier molecular flexibility index (Phi) is 3.72. The fourth-order valence-electron chi connectivity index (χ4n) is 2.85. The number of phenols is 1. The highest BCUT2D eigenvalue weighted by atomic mass is 16.3. The molecule has 0 aliphatic heterocycles. The highest BCUT2D eigenvalue weighted by Crippen LogP contribution is 2.44. The maximum absolute atomic E-state index is 9.63. The number of hydrogen-bond donors (Lipinski definition) is 1. The molecule has 0 bridgehead atoms. The largest absolute Gasteiger partial charge is 0.508 e. The first-order chi connectivity index (χ1) is 8.20. The number of rotatable bonds is 5. The molecule has 0 amide bonds. The average Bonchev–Trinajstić information content (AvgIpc) is 2.29. The summed E-state index contributed by atoms with van der Waals surface area (Å²) in [6.45, 7) is 7.79. The number of likely N-dealkylation sites (N-methyl/N-ethyl adjacent to an activating group) is 1. The molecule has 0 atom stereocenters. The fraction of sp³-hybridized carbons (Fsp3) is 0.600. The van der Waals surface area contributed by atoms with Crippen molar-refractivity contribution in [2.24, 2.45) is 0 Å². The molecule has 1 aliphatic carbocycles. The number of hydrogen-bond acceptors (Lipinski definition) is 2. The molecule has 94 valence electrons. The lowest BCUT2D eigenvalue weighted by Gasteiger charge is -2.45. The molecule has 0 saturated heterocycles. The fourth-order valence-corrected chi connectivity index (χ4v) is 2.85. The van der Waals surface area contributed by atoms with Gasteiger partial charge < -0.3 is 10.0 Å². The van der Waals surface area contributed by atoms with E-state index in [0.717, 1.165) is 19.6 Å². The summed E-state index contributed by atoms with van der Waals surface area (Å²) in [6.07, 6.45) is 3.83. The minimum atomic E-state index is 0.296. The van der Waals surface area contributed by atoms with Crippen LogP contribution in [0.25, 0.3) is 0 Å². The van der Waals surface area contributed by atoms with Crippen molar-refractivity contribution in [3.05, 3.63) is 29.8 Å². The lowest BCUT2D eigenvalue weighted by atomic mass is 9.64. The van der Waals surface area contributed by atoms with Crippen LogP contribution in [-0.4, -0.2) is 29.6 Å². The Morgan fingerprint density at radius 2 is 1.94 bits per heavy atom. The first-order valence-corrected chi connectivity index (χ1v) is 6.72. The monoisotopic (exact) mass is 233 g/mol. The molecule has 0 spiro atoms. The Balaban J connectivity index is 2.19. The summed E-state index contributed by atoms with van der Waals surface area (Å²) in [5.41, 5.74) is 1.61. The lowest BCUT2D eigenvalue weighted by Crippen LogP contribution is -2.45. The van der Waals surface area contributed by atoms with Crippen LogP contribution in [0.2, 0.25) is 0 Å². The average molecular weight is 233 g/mol. The molecule has 1 fully saturated rings. The maximum Gasteiger partial charge on any atom is 0.115 e. The van der Waals surface area contributed by atoms with Gasteiger partial charge in [-0.1, -0.05) is 32.4 Å². The predicted octanol–water partition coefficient (Wildman–Crippen LogP) is 3.16. The van der Waals surface area contributed by atoms with Crippen molar-refractivity contribution >= 4 is 0 Å². The molecule has 1 aromatic carbocycles. The molecule has 0 unspecified atom stereocenters. The van der Waals surface area contributed by atoms with E-state index in [1.807, 2.05) is 12.1 Å². The summed E-state index contributed by atoms with van der Waals surface area (Å²) >= 11 is 0. The molecule has 0 aromatic heterocycles. The third kappa shape index (κ3) is 2.47. The van der Waals surface area contributed by atoms with Crippen LogP contribution in [0.3, 0.4) is 0 Å². The van der Waals surface area contributed by atoms with Gasteiger partial charge in [-0.05, 0) is 43.6 Å². The number of benzene rings is 1. The molecular formula is C15H23NO. The van der Waals surface area contributed by atoms with Gasteiger partial charge in [-0.15, -0.1) is 0 Å². The van der Waals surface area contributed by atoms with Crippen molar-refractivity contribution in [3.8, 4) is 5.75 Å². The molecule has 1 N–H and O–H groups in total. The van der Waals surface area contributed by atoms with Crippen LogP contribution in [0.1, 0.15) is 38.7 Å². The van der Waals surface area contributed by atoms with Crippen molar-refractivity contribution in [1.29, 1.82) is 0 Å². The molecule has 2 rings (SSSR count). The summed E-state index contributed by atoms with van der Waals surface area (Å²) in [5.74, 6) is 0.397. The third-order valence-electron chi connectivity index (χ3n) is 4.19. The molecule has 2 nitrogen and oxygen atoms in total. The standard InChI is InChI=1S/C15H23NO/c1-3-16(4-2)12-15(9-6-10-15)13-7-5-8-14(17)11-13/h5,7-8,11,17H,3-4,6,9-10,12H2,1-2H3. The first kappa shape index (κ1) is 12.4. The third-order valence-corrected chi connectivity index (χ3v) is 4.19. The lowest BCUT2D eigenvalue weighted by molar-refractivity contribution is 0.148. The van der Waals surface area contributed by atoms with Gasteiger partial charge in [-0.2, -0.15) is 0 Å². The second-order valence-corrected chi connectivity index (χ2v) is 5.15. The van der Waals surface area contributed by atoms with Gasteiger partial charge >= 0.3 is 0 Å². The van der Waals surface area contributed by atoms with E-state index >= 15 is 0 Å². The predicted molar refractivity (Wildman–Crippen MR) is 71.4 cm³/mol. The first-order valence-electron chi connectivity index (χ1n) is 6.72. The Hall–Kier alpha value is -1.02. The van der Waals surface area contributed by atoms with Crippen LogP contribution in [0, 0.1) is 0 Å². The molecule has 1 saturated carbocycles. The Labute approximate surface area is 104 Å². The van der Waals surface area contributed by atoms with E-state index in [2.05, 4.69) is 24.8 Å². The molecule has 1 aromatic rings. The summed E-state index contributed by atoms with van der Waals surface area (Å²) in [6, 6.07) is 7.84. The van der Waals surface area contributed by atoms with Gasteiger partial charge in [0, 0.05) is 12.0 Å². The minimum Gasteiger partial charge on any atom is -0.508 e. The van der Waals surface area contributed by atoms with Crippen LogP contribution < -0.4 is 0 Å². The van der Waals surface area contributed by atoms with Crippen LogP contribution in [0.15, 0.2) is 24.3 Å². The Morgan fingerprint density at radius 3 is 2.41 bits per heavy atom. The van der Waals surface area contributed by atoms with Gasteiger partial charge in [-0.3, -0.25) is 0 Å². The van der Waals surface area contributed by atoms with Crippen molar-refractivity contribution in [1.82, 2.24) is 4.90 Å². The van der Waals surface area contributed by atoms with Crippen LogP contribution in [-0.2, 0) is 5.41 Å². The van der Waals surface area contributed by atoms with Crippen LogP contribution in [0.4, 0.5) is 0 Å². The van der Waals surface area contributed by atoms with Crippen LogP contribution >= 0.6 is 0 Å². The quantitative estimate of drug-likeness (QED) is 0.844. The zero-order chi connectivity index (χ0) is 12.3. The molecule has 1 aliphatic rings. The normalized spacial score (nSPS) is 18.1. The summed E-state index contributed by atoms with van der Waals surface area (Å²) in [7, 11) is 0. The van der Waals surface area contributed by atoms with E-state index in [0.29, 0.717) is 11.2 Å². The highest BCUT2D eigenvalue weighted by Gasteiger charge is 2.39. The summed E-state index contributed by atoms with van der Waals surface area (Å²) < 4.78 is 0. The SMILES string of the molecule is CCN(CC)CC1(c2cccc(O)c2)CCC1. The molecule has 0 heterocycles. The molecule has 2 heteroatoms. The zero-order valence-corrected chi connectivity index (χ0v) is 10.9. The van der Waals surface area contributed by atoms with E-state index in [1.54, 1.807) is 6.07 Å². The van der Waals surface area contributed by atoms with Gasteiger partial charge in [0.05, 0.1) is 0 Å². The molecular weight excluding hydrogens is 210 g/mol. The smallest absolute Gasteiger partial charge is 0.115 e. The number of aromatic hydroxyl groups is 1. The summed E-state index contributed by atoms with van der Waals surface area (Å²) in [5, 5.41) is 9.63. The van der Waals surface area contributed by atoms with E-state index in [-0.39, 0.29) is 0 Å². The minimum absolute atomic E-state index is 0.296. The zero-order valence-electron chi connectivity index (χ0n) is 10.9. The van der Waals surface area contributed by atoms with Crippen molar-refractivity contribution in [3.63, 3.8) is 0 Å². The van der Waals surface area contributed by atoms with Gasteiger partial charge in [-0.25, -0.2) is 0 Å². The second kappa shape index (κ2) is 5.09. The number of phenolic OH excluding ortho intramolecular Hbond substituents is 1. The van der Waals surface area contributed by atoms with Crippen molar-refractivity contribution in [2.75, 3.05) is 19.6 Å². The van der Waals surface area contributed by atoms with Crippen molar-refractivity contribution < 1.29 is 5.11 Å². The molecule has 17 heavy (non-hydrogen) atoms. The second-order valence-electron chi connectivity index (χ2n) is 5.15. The van der Waals surface area contributed by atoms with Crippen LogP contribution in [0.5, 0.6) is 5.75 Å².